The fourth-order valence-electron chi connectivity index (χ4n) is 5.32. The Morgan fingerprint density at radius 1 is 1.16 bits per heavy atom. The third-order valence-corrected chi connectivity index (χ3v) is 8.97. The molecule has 6 rings (SSSR count). The number of furan rings is 1. The van der Waals surface area contributed by atoms with Crippen LogP contribution in [0.25, 0.3) is 33.3 Å². The monoisotopic (exact) mass is 525 g/mol. The molecular formula is C24H27N7O5S. The molecule has 2 amide bonds. The number of likely N-dealkylation sites (tertiary alicyclic amines) is 1. The van der Waals surface area contributed by atoms with Crippen LogP contribution in [0, 0.1) is 13.8 Å². The van der Waals surface area contributed by atoms with Crippen molar-refractivity contribution in [2.45, 2.75) is 26.3 Å². The normalized spacial score (nSPS) is 19.8. The van der Waals surface area contributed by atoms with Gasteiger partial charge in [-0.3, -0.25) is 9.48 Å². The molecule has 1 unspecified atom stereocenters. The number of nitrogens with two attached hydrogens (primary N) is 1. The van der Waals surface area contributed by atoms with Crippen molar-refractivity contribution < 1.29 is 17.6 Å². The molecule has 13 heteroatoms. The lowest BCUT2D eigenvalue weighted by Crippen LogP contribution is -2.49. The van der Waals surface area contributed by atoms with Crippen LogP contribution in [-0.4, -0.2) is 81.9 Å². The number of fused-ring (bicyclic) bond motifs is 2. The van der Waals surface area contributed by atoms with Gasteiger partial charge in [0.05, 0.1) is 22.9 Å². The van der Waals surface area contributed by atoms with Crippen LogP contribution in [0.2, 0.25) is 0 Å². The highest BCUT2D eigenvalue weighted by atomic mass is 32.2. The van der Waals surface area contributed by atoms with E-state index in [-0.39, 0.29) is 48.0 Å². The number of aromatic amines is 1. The van der Waals surface area contributed by atoms with E-state index in [0.29, 0.717) is 41.9 Å². The Labute approximate surface area is 211 Å². The number of aromatic nitrogens is 4. The molecule has 0 bridgehead atoms. The second kappa shape index (κ2) is 8.33. The van der Waals surface area contributed by atoms with Gasteiger partial charge in [-0.1, -0.05) is 11.6 Å². The quantitative estimate of drug-likeness (QED) is 0.401. The van der Waals surface area contributed by atoms with E-state index in [9.17, 15) is 18.0 Å². The first-order valence-electron chi connectivity index (χ1n) is 12.1. The van der Waals surface area contributed by atoms with Gasteiger partial charge < -0.3 is 20.0 Å². The first-order valence-corrected chi connectivity index (χ1v) is 14.0. The summed E-state index contributed by atoms with van der Waals surface area (Å²) in [6.07, 6.45) is 0.600. The zero-order valence-electron chi connectivity index (χ0n) is 20.5. The summed E-state index contributed by atoms with van der Waals surface area (Å²) in [5.74, 6) is 0.635. The van der Waals surface area contributed by atoms with Crippen LogP contribution in [-0.2, 0) is 9.84 Å². The molecule has 2 fully saturated rings. The lowest BCUT2D eigenvalue weighted by atomic mass is 10.1. The molecule has 5 heterocycles. The van der Waals surface area contributed by atoms with Crippen molar-refractivity contribution in [3.05, 3.63) is 39.7 Å². The number of urea groups is 1. The van der Waals surface area contributed by atoms with Gasteiger partial charge in [0.2, 0.25) is 0 Å². The number of benzene rings is 1. The van der Waals surface area contributed by atoms with Crippen molar-refractivity contribution in [3.8, 4) is 11.5 Å². The van der Waals surface area contributed by atoms with Gasteiger partial charge in [0.1, 0.15) is 11.3 Å². The van der Waals surface area contributed by atoms with E-state index in [4.69, 9.17) is 10.2 Å². The largest absolute Gasteiger partial charge is 0.454 e. The number of aryl methyl sites for hydroxylation is 2. The Kier molecular flexibility index (Phi) is 5.30. The molecule has 12 nitrogen and oxygen atoms in total. The number of sulfone groups is 1. The van der Waals surface area contributed by atoms with E-state index >= 15 is 0 Å². The zero-order chi connectivity index (χ0) is 26.1. The van der Waals surface area contributed by atoms with Gasteiger partial charge in [-0.05, 0) is 32.4 Å². The van der Waals surface area contributed by atoms with Gasteiger partial charge in [-0.2, -0.15) is 10.2 Å². The molecular weight excluding hydrogens is 498 g/mol. The van der Waals surface area contributed by atoms with E-state index in [2.05, 4.69) is 15.3 Å². The van der Waals surface area contributed by atoms with Gasteiger partial charge in [0.25, 0.3) is 5.56 Å². The van der Waals surface area contributed by atoms with Crippen molar-refractivity contribution >= 4 is 43.6 Å². The average molecular weight is 526 g/mol. The topological polar surface area (TPSA) is 160 Å². The molecule has 2 aliphatic heterocycles. The summed E-state index contributed by atoms with van der Waals surface area (Å²) < 4.78 is 31.6. The number of nitrogens with zero attached hydrogens (tertiary/aromatic N) is 5. The molecule has 1 atom stereocenters. The molecule has 3 aromatic heterocycles. The number of hydrogen-bond acceptors (Lipinski definition) is 8. The molecule has 37 heavy (non-hydrogen) atoms. The number of carbonyl (C=O) groups excluding carboxylic acids is 1. The van der Waals surface area contributed by atoms with Crippen LogP contribution in [0.15, 0.2) is 27.4 Å². The van der Waals surface area contributed by atoms with Crippen molar-refractivity contribution in [1.29, 1.82) is 0 Å². The first kappa shape index (κ1) is 23.5. The van der Waals surface area contributed by atoms with Crippen LogP contribution in [0.4, 0.5) is 10.6 Å². The summed E-state index contributed by atoms with van der Waals surface area (Å²) in [7, 11) is -3.09. The highest BCUT2D eigenvalue weighted by Crippen LogP contribution is 2.40. The average Bonchev–Trinajstić information content (AvgIpc) is 3.57. The van der Waals surface area contributed by atoms with Crippen LogP contribution < -0.4 is 11.3 Å². The molecule has 0 saturated carbocycles. The van der Waals surface area contributed by atoms with E-state index in [1.54, 1.807) is 14.5 Å². The summed E-state index contributed by atoms with van der Waals surface area (Å²) in [6.45, 7) is 5.17. The second-order valence-electron chi connectivity index (χ2n) is 9.82. The summed E-state index contributed by atoms with van der Waals surface area (Å²) in [5, 5.41) is 12.4. The second-order valence-corrected chi connectivity index (χ2v) is 12.1. The Hall–Kier alpha value is -3.87. The number of hydrogen-bond donors (Lipinski definition) is 2. The Morgan fingerprint density at radius 3 is 2.68 bits per heavy atom. The summed E-state index contributed by atoms with van der Waals surface area (Å²) in [4.78, 5) is 29.1. The van der Waals surface area contributed by atoms with E-state index in [1.807, 2.05) is 32.0 Å². The van der Waals surface area contributed by atoms with Gasteiger partial charge in [0.15, 0.2) is 26.9 Å². The third kappa shape index (κ3) is 3.84. The molecule has 0 spiro atoms. The third-order valence-electron chi connectivity index (χ3n) is 7.36. The minimum absolute atomic E-state index is 0.0233. The van der Waals surface area contributed by atoms with Crippen LogP contribution in [0.1, 0.15) is 23.6 Å². The minimum atomic E-state index is -3.09. The Balaban J connectivity index is 1.42. The summed E-state index contributed by atoms with van der Waals surface area (Å²) in [5.41, 5.74) is 9.18. The van der Waals surface area contributed by atoms with Crippen molar-refractivity contribution in [1.82, 2.24) is 29.8 Å². The number of carbonyl (C=O) groups is 1. The number of nitrogen functional groups attached to an aromatic ring is 1. The molecule has 3 N–H and O–H groups in total. The number of anilines is 1. The Bertz CT molecular complexity index is 1720. The van der Waals surface area contributed by atoms with Crippen LogP contribution in [0.5, 0.6) is 0 Å². The minimum Gasteiger partial charge on any atom is -0.454 e. The summed E-state index contributed by atoms with van der Waals surface area (Å²) in [6, 6.07) is 5.49. The lowest BCUT2D eigenvalue weighted by Gasteiger charge is -2.30. The van der Waals surface area contributed by atoms with E-state index in [1.165, 1.54) is 0 Å². The highest BCUT2D eigenvalue weighted by molar-refractivity contribution is 7.91. The van der Waals surface area contributed by atoms with E-state index < -0.39 is 15.4 Å². The molecule has 0 aliphatic carbocycles. The molecule has 4 aromatic rings. The zero-order valence-corrected chi connectivity index (χ0v) is 21.3. The van der Waals surface area contributed by atoms with Gasteiger partial charge in [-0.25, -0.2) is 18.3 Å². The van der Waals surface area contributed by atoms with Gasteiger partial charge in [0, 0.05) is 37.1 Å². The fraction of sp³-hybridized carbons (Fsp3) is 0.417. The predicted molar refractivity (Wildman–Crippen MR) is 138 cm³/mol. The number of nitrogens with one attached hydrogen (secondary N) is 1. The fourth-order valence-corrected chi connectivity index (χ4v) is 6.52. The lowest BCUT2D eigenvalue weighted by molar-refractivity contribution is 0.165. The molecule has 1 aromatic carbocycles. The number of amides is 2. The number of rotatable bonds is 2. The van der Waals surface area contributed by atoms with Gasteiger partial charge >= 0.3 is 6.03 Å². The van der Waals surface area contributed by atoms with Crippen molar-refractivity contribution in [2.24, 2.45) is 0 Å². The standard InChI is InChI=1S/C24H27N7O5S/c1-13-3-4-17-16(11-13)14(2)21(36-17)20-18-19(23(32)27-26-22(18)25)28-31(20)15-5-6-30(12-15)24(33)29-7-9-37(34,35)10-8-29/h3-4,11,15H,5-10,12H2,1-2H3,(H2,25,26)(H,27,32). The molecule has 2 aliphatic rings. The van der Waals surface area contributed by atoms with Crippen molar-refractivity contribution in [3.63, 3.8) is 0 Å². The van der Waals surface area contributed by atoms with Gasteiger partial charge in [-0.15, -0.1) is 0 Å². The van der Waals surface area contributed by atoms with Crippen molar-refractivity contribution in [2.75, 3.05) is 43.4 Å². The Morgan fingerprint density at radius 2 is 1.92 bits per heavy atom. The maximum Gasteiger partial charge on any atom is 0.320 e. The van der Waals surface area contributed by atoms with Crippen LogP contribution >= 0.6 is 0 Å². The first-order chi connectivity index (χ1) is 17.6. The predicted octanol–water partition coefficient (Wildman–Crippen LogP) is 1.83. The molecule has 194 valence electrons. The highest BCUT2D eigenvalue weighted by Gasteiger charge is 2.36. The molecule has 2 saturated heterocycles. The van der Waals surface area contributed by atoms with E-state index in [0.717, 1.165) is 16.5 Å². The maximum absolute atomic E-state index is 13.2. The van der Waals surface area contributed by atoms with Crippen LogP contribution in [0.3, 0.4) is 0 Å². The summed E-state index contributed by atoms with van der Waals surface area (Å²) >= 11 is 0. The SMILES string of the molecule is Cc1ccc2oc(-c3c4c(N)n[nH]c(=O)c4nn3C3CCN(C(=O)N4CCS(=O)(=O)CC4)C3)c(C)c2c1. The number of H-pyrrole nitrogens is 1. The smallest absolute Gasteiger partial charge is 0.320 e. The molecule has 0 radical (unpaired) electrons. The maximum atomic E-state index is 13.2.